The van der Waals surface area contributed by atoms with E-state index in [1.807, 2.05) is 6.92 Å². The first-order valence-electron chi connectivity index (χ1n) is 9.39. The van der Waals surface area contributed by atoms with Gasteiger partial charge in [-0.1, -0.05) is 0 Å². The van der Waals surface area contributed by atoms with E-state index in [4.69, 9.17) is 4.74 Å². The number of aliphatic hydroxyl groups is 1. The van der Waals surface area contributed by atoms with Crippen LogP contribution in [0.15, 0.2) is 27.9 Å². The van der Waals surface area contributed by atoms with E-state index in [0.29, 0.717) is 37.3 Å². The van der Waals surface area contributed by atoms with Crippen LogP contribution in [-0.2, 0) is 27.8 Å². The van der Waals surface area contributed by atoms with Crippen molar-refractivity contribution in [3.63, 3.8) is 0 Å². The van der Waals surface area contributed by atoms with Crippen molar-refractivity contribution in [3.8, 4) is 0 Å². The van der Waals surface area contributed by atoms with E-state index in [0.717, 1.165) is 17.4 Å². The fraction of sp³-hybridized carbons (Fsp3) is 0.611. The van der Waals surface area contributed by atoms with Gasteiger partial charge in [-0.3, -0.25) is 14.0 Å². The van der Waals surface area contributed by atoms with Crippen molar-refractivity contribution in [2.45, 2.75) is 31.0 Å². The van der Waals surface area contributed by atoms with E-state index in [-0.39, 0.29) is 17.1 Å². The molecule has 1 aromatic heterocycles. The topological polar surface area (TPSA) is 97.0 Å². The van der Waals surface area contributed by atoms with Gasteiger partial charge >= 0.3 is 5.69 Å². The van der Waals surface area contributed by atoms with E-state index in [9.17, 15) is 18.3 Å². The summed E-state index contributed by atoms with van der Waals surface area (Å²) in [6.07, 6.45) is -0.749. The average Bonchev–Trinajstić information content (AvgIpc) is 2.92. The third-order valence-electron chi connectivity index (χ3n) is 5.05. The first kappa shape index (κ1) is 21.0. The van der Waals surface area contributed by atoms with Crippen molar-refractivity contribution in [2.75, 3.05) is 46.9 Å². The van der Waals surface area contributed by atoms with E-state index in [1.165, 1.54) is 30.8 Å². The maximum atomic E-state index is 12.9. The summed E-state index contributed by atoms with van der Waals surface area (Å²) in [4.78, 5) is 15.1. The predicted molar refractivity (Wildman–Crippen MR) is 106 cm³/mol. The Labute approximate surface area is 164 Å². The fourth-order valence-electron chi connectivity index (χ4n) is 3.50. The Bertz CT molecular complexity index is 989. The molecule has 0 bridgehead atoms. The van der Waals surface area contributed by atoms with Crippen molar-refractivity contribution in [1.29, 1.82) is 0 Å². The minimum Gasteiger partial charge on any atom is -0.390 e. The summed E-state index contributed by atoms with van der Waals surface area (Å²) in [5.74, 6) is 0. The molecule has 0 spiro atoms. The number of rotatable bonds is 7. The quantitative estimate of drug-likeness (QED) is 0.675. The molecule has 0 amide bonds. The number of hydrogen-bond donors (Lipinski definition) is 1. The summed E-state index contributed by atoms with van der Waals surface area (Å²) in [5, 5.41) is 10.6. The minimum absolute atomic E-state index is 0.102. The number of benzene rings is 1. The van der Waals surface area contributed by atoms with Crippen LogP contribution in [0.2, 0.25) is 0 Å². The lowest BCUT2D eigenvalue weighted by Gasteiger charge is -2.28. The number of fused-ring (bicyclic) bond motifs is 1. The molecule has 156 valence electrons. The molecule has 28 heavy (non-hydrogen) atoms. The third kappa shape index (κ3) is 4.01. The molecule has 1 saturated heterocycles. The number of hydrogen-bond acceptors (Lipinski definition) is 6. The van der Waals surface area contributed by atoms with Crippen LogP contribution >= 0.6 is 0 Å². The van der Waals surface area contributed by atoms with Crippen molar-refractivity contribution < 1.29 is 18.3 Å². The van der Waals surface area contributed by atoms with Gasteiger partial charge in [-0.15, -0.1) is 0 Å². The van der Waals surface area contributed by atoms with Gasteiger partial charge in [0.2, 0.25) is 10.0 Å². The monoisotopic (exact) mass is 412 g/mol. The molecule has 1 atom stereocenters. The second kappa shape index (κ2) is 8.34. The van der Waals surface area contributed by atoms with Crippen LogP contribution in [0.1, 0.15) is 6.92 Å². The molecule has 9 nitrogen and oxygen atoms in total. The highest BCUT2D eigenvalue weighted by atomic mass is 32.2. The summed E-state index contributed by atoms with van der Waals surface area (Å²) >= 11 is 0. The number of aliphatic hydroxyl groups excluding tert-OH is 1. The van der Waals surface area contributed by atoms with Gasteiger partial charge in [0.05, 0.1) is 41.8 Å². The van der Waals surface area contributed by atoms with Crippen LogP contribution in [0, 0.1) is 0 Å². The van der Waals surface area contributed by atoms with Crippen LogP contribution in [-0.4, -0.2) is 84.9 Å². The van der Waals surface area contributed by atoms with Crippen LogP contribution in [0.4, 0.5) is 0 Å². The zero-order valence-corrected chi connectivity index (χ0v) is 17.4. The van der Waals surface area contributed by atoms with Gasteiger partial charge in [0, 0.05) is 40.3 Å². The zero-order valence-electron chi connectivity index (χ0n) is 16.5. The van der Waals surface area contributed by atoms with Gasteiger partial charge in [0.15, 0.2) is 0 Å². The second-order valence-electron chi connectivity index (χ2n) is 7.14. The molecule has 1 fully saturated rings. The zero-order chi connectivity index (χ0) is 20.5. The Balaban J connectivity index is 1.97. The standard InChI is InChI=1S/C18H28N4O5S/c1-4-21-16-6-5-15(28(25,26)19(2)3)11-17(16)22(18(21)24)13-14(23)12-20-7-9-27-10-8-20/h5-6,11,14,23H,4,7-10,12-13H2,1-3H3/t14-/m0/s1. The largest absolute Gasteiger partial charge is 0.390 e. The van der Waals surface area contributed by atoms with E-state index < -0.39 is 16.1 Å². The second-order valence-corrected chi connectivity index (χ2v) is 9.29. The van der Waals surface area contributed by atoms with Crippen molar-refractivity contribution >= 4 is 21.1 Å². The number of aromatic nitrogens is 2. The smallest absolute Gasteiger partial charge is 0.329 e. The van der Waals surface area contributed by atoms with Crippen molar-refractivity contribution in [3.05, 3.63) is 28.7 Å². The number of imidazole rings is 1. The highest BCUT2D eigenvalue weighted by Crippen LogP contribution is 2.21. The summed E-state index contributed by atoms with van der Waals surface area (Å²) in [6.45, 7) is 5.61. The first-order valence-corrected chi connectivity index (χ1v) is 10.8. The van der Waals surface area contributed by atoms with Crippen molar-refractivity contribution in [2.24, 2.45) is 0 Å². The molecule has 10 heteroatoms. The Morgan fingerprint density at radius 2 is 1.82 bits per heavy atom. The molecule has 2 aromatic rings. The van der Waals surface area contributed by atoms with Crippen LogP contribution in [0.3, 0.4) is 0 Å². The van der Waals surface area contributed by atoms with Gasteiger partial charge in [0.25, 0.3) is 0 Å². The molecule has 3 rings (SSSR count). The number of nitrogens with zero attached hydrogens (tertiary/aromatic N) is 4. The lowest BCUT2D eigenvalue weighted by atomic mass is 10.2. The number of sulfonamides is 1. The maximum absolute atomic E-state index is 12.9. The Kier molecular flexibility index (Phi) is 6.25. The molecule has 1 aromatic carbocycles. The van der Waals surface area contributed by atoms with E-state index in [2.05, 4.69) is 4.90 Å². The lowest BCUT2D eigenvalue weighted by Crippen LogP contribution is -2.42. The Morgan fingerprint density at radius 3 is 2.43 bits per heavy atom. The van der Waals surface area contributed by atoms with E-state index in [1.54, 1.807) is 10.6 Å². The van der Waals surface area contributed by atoms with Gasteiger partial charge < -0.3 is 9.84 Å². The van der Waals surface area contributed by atoms with Crippen LogP contribution < -0.4 is 5.69 Å². The van der Waals surface area contributed by atoms with Gasteiger partial charge in [-0.2, -0.15) is 0 Å². The highest BCUT2D eigenvalue weighted by molar-refractivity contribution is 7.89. The van der Waals surface area contributed by atoms with Crippen molar-refractivity contribution in [1.82, 2.24) is 18.3 Å². The number of morpholine rings is 1. The number of β-amino-alcohol motifs (C(OH)–C–C–N with tert-alkyl or cyclic N) is 1. The summed E-state index contributed by atoms with van der Waals surface area (Å²) in [7, 11) is -0.686. The summed E-state index contributed by atoms with van der Waals surface area (Å²) in [5.41, 5.74) is 0.914. The molecular formula is C18H28N4O5S. The molecule has 0 saturated carbocycles. The summed E-state index contributed by atoms with van der Waals surface area (Å²) in [6, 6.07) is 4.68. The third-order valence-corrected chi connectivity index (χ3v) is 6.86. The molecule has 2 heterocycles. The first-order chi connectivity index (χ1) is 13.3. The lowest BCUT2D eigenvalue weighted by molar-refractivity contribution is 0.0115. The van der Waals surface area contributed by atoms with E-state index >= 15 is 0 Å². The molecular weight excluding hydrogens is 384 g/mol. The summed E-state index contributed by atoms with van der Waals surface area (Å²) < 4.78 is 34.5. The SMILES string of the molecule is CCn1c(=O)n(C[C@@H](O)CN2CCOCC2)c2cc(S(=O)(=O)N(C)C)ccc21. The molecule has 0 radical (unpaired) electrons. The highest BCUT2D eigenvalue weighted by Gasteiger charge is 2.22. The van der Waals surface area contributed by atoms with Crippen LogP contribution in [0.5, 0.6) is 0 Å². The minimum atomic E-state index is -3.62. The number of ether oxygens (including phenoxy) is 1. The number of aryl methyl sites for hydroxylation is 1. The Morgan fingerprint density at radius 1 is 1.14 bits per heavy atom. The van der Waals surface area contributed by atoms with Gasteiger partial charge in [-0.25, -0.2) is 17.5 Å². The van der Waals surface area contributed by atoms with Gasteiger partial charge in [0.1, 0.15) is 0 Å². The normalized spacial score (nSPS) is 17.5. The Hall–Kier alpha value is -1.72. The van der Waals surface area contributed by atoms with Crippen LogP contribution in [0.25, 0.3) is 11.0 Å². The maximum Gasteiger partial charge on any atom is 0.329 e. The van der Waals surface area contributed by atoms with Gasteiger partial charge in [-0.05, 0) is 25.1 Å². The molecule has 0 aliphatic carbocycles. The molecule has 0 unspecified atom stereocenters. The molecule has 1 N–H and O–H groups in total. The molecule has 1 aliphatic rings. The fourth-order valence-corrected chi connectivity index (χ4v) is 4.43. The average molecular weight is 413 g/mol. The molecule has 1 aliphatic heterocycles. The predicted octanol–water partition coefficient (Wildman–Crippen LogP) is -0.234.